The molecule has 63 heavy (non-hydrogen) atoms. The molecule has 0 amide bonds. The van der Waals surface area contributed by atoms with Gasteiger partial charge in [0, 0.05) is 23.8 Å². The van der Waals surface area contributed by atoms with Gasteiger partial charge in [-0.15, -0.1) is 0 Å². The number of carbonyl (C=O) groups is 1. The van der Waals surface area contributed by atoms with Gasteiger partial charge in [-0.3, -0.25) is 4.79 Å². The average molecular weight is 889 g/mol. The van der Waals surface area contributed by atoms with Crippen molar-refractivity contribution in [1.29, 1.82) is 0 Å². The molecule has 4 aromatic rings. The molecular weight excluding hydrogens is 844 g/mol. The molecule has 3 saturated heterocycles. The van der Waals surface area contributed by atoms with Crippen molar-refractivity contribution in [1.82, 2.24) is 0 Å². The molecule has 0 spiro atoms. The fourth-order valence-electron chi connectivity index (χ4n) is 7.07. The number of hydrogen-bond acceptors (Lipinski definition) is 22. The monoisotopic (exact) mass is 888 g/mol. The van der Waals surface area contributed by atoms with E-state index in [2.05, 4.69) is 0 Å². The Hall–Kier alpha value is -5.60. The van der Waals surface area contributed by atoms with Gasteiger partial charge in [-0.2, -0.15) is 0 Å². The number of aliphatic hydroxyl groups is 7. The summed E-state index contributed by atoms with van der Waals surface area (Å²) in [7, 11) is 0. The standard InChI is InChI=1S/C41H44O22/c1-15-28(49)32(53)34(55)39(58-15)57-14-25-30(51)36(62-40-33(54)29(50)23(47)13-56-40)38(61-26(48)9-4-16-2-6-18(42)7-3-16)41(60-25)63-37-31(52)27-22(46)11-19(43)12-24(27)59-35(37)17-5-8-20(44)21(45)10-17/h2-12,15,23,25,28-30,32-34,36,38-47,49-51,53-55H,13-14H2,1H3/b9-4+/t15-,23-,25+,28-,29-,30+,32+,33+,34+,36-,38+,39+,40+,41-/m0/s1. The van der Waals surface area contributed by atoms with Crippen molar-refractivity contribution in [3.05, 3.63) is 76.5 Å². The number of ether oxygens (including phenoxy) is 7. The minimum atomic E-state index is -2.12. The van der Waals surface area contributed by atoms with Crippen LogP contribution in [0.2, 0.25) is 0 Å². The highest BCUT2D eigenvalue weighted by molar-refractivity contribution is 5.89. The van der Waals surface area contributed by atoms with Crippen molar-refractivity contribution in [2.75, 3.05) is 13.2 Å². The Morgan fingerprint density at radius 1 is 0.730 bits per heavy atom. The van der Waals surface area contributed by atoms with E-state index in [0.717, 1.165) is 30.3 Å². The molecule has 3 aromatic carbocycles. The Morgan fingerprint density at radius 3 is 2.16 bits per heavy atom. The fourth-order valence-corrected chi connectivity index (χ4v) is 7.07. The smallest absolute Gasteiger partial charge is 0.331 e. The van der Waals surface area contributed by atoms with E-state index in [1.807, 2.05) is 0 Å². The van der Waals surface area contributed by atoms with Gasteiger partial charge in [-0.05, 0) is 48.9 Å². The molecule has 14 atom stereocenters. The van der Waals surface area contributed by atoms with Crippen molar-refractivity contribution in [3.8, 4) is 45.8 Å². The summed E-state index contributed by atoms with van der Waals surface area (Å²) in [6.45, 7) is 0.0171. The number of esters is 1. The van der Waals surface area contributed by atoms with Crippen LogP contribution in [0.4, 0.5) is 0 Å². The first-order valence-corrected chi connectivity index (χ1v) is 19.3. The molecule has 3 fully saturated rings. The van der Waals surface area contributed by atoms with Gasteiger partial charge < -0.3 is 98.9 Å². The molecule has 0 bridgehead atoms. The summed E-state index contributed by atoms with van der Waals surface area (Å²) < 4.78 is 46.6. The Morgan fingerprint density at radius 2 is 1.44 bits per heavy atom. The lowest BCUT2D eigenvalue weighted by atomic mass is 9.97. The van der Waals surface area contributed by atoms with Crippen LogP contribution in [0.1, 0.15) is 12.5 Å². The van der Waals surface area contributed by atoms with Crippen LogP contribution in [-0.4, -0.2) is 166 Å². The Labute approximate surface area is 354 Å². The van der Waals surface area contributed by atoms with Crippen LogP contribution in [0.15, 0.2) is 69.9 Å². The van der Waals surface area contributed by atoms with Crippen LogP contribution in [0, 0.1) is 0 Å². The van der Waals surface area contributed by atoms with E-state index >= 15 is 0 Å². The minimum absolute atomic E-state index is 0.0654. The third-order valence-corrected chi connectivity index (χ3v) is 10.5. The topological polar surface area (TPSA) is 355 Å². The SMILES string of the molecule is C[C@@H]1O[C@@H](OC[C@H]2O[C@@H](Oc3c(-c4ccc(O)c(O)c4)oc4cc(O)cc(O)c4c3=O)[C@H](OC(=O)/C=C/c3ccc(O)cc3)[C@@H](O[C@H]3OC[C@H](O)[C@H](O)[C@H]3O)[C@@H]2O)[C@H](O)[C@H](O)[C@H]1O. The maximum Gasteiger partial charge on any atom is 0.331 e. The number of aromatic hydroxyl groups is 5. The van der Waals surface area contributed by atoms with Gasteiger partial charge in [0.2, 0.25) is 17.5 Å². The van der Waals surface area contributed by atoms with Gasteiger partial charge in [-0.1, -0.05) is 12.1 Å². The predicted octanol–water partition coefficient (Wildman–Crippen LogP) is -1.25. The zero-order valence-electron chi connectivity index (χ0n) is 32.8. The Kier molecular flexibility index (Phi) is 13.4. The number of aliphatic hydroxyl groups excluding tert-OH is 7. The van der Waals surface area contributed by atoms with Gasteiger partial charge >= 0.3 is 5.97 Å². The van der Waals surface area contributed by atoms with E-state index in [4.69, 9.17) is 37.6 Å². The average Bonchev–Trinajstić information content (AvgIpc) is 3.24. The quantitative estimate of drug-likeness (QED) is 0.0475. The molecule has 12 N–H and O–H groups in total. The van der Waals surface area contributed by atoms with E-state index in [-0.39, 0.29) is 16.9 Å². The van der Waals surface area contributed by atoms with Crippen LogP contribution in [-0.2, 0) is 33.2 Å². The summed E-state index contributed by atoms with van der Waals surface area (Å²) in [5.41, 5.74) is -1.26. The lowest BCUT2D eigenvalue weighted by Gasteiger charge is -2.46. The Bertz CT molecular complexity index is 2350. The van der Waals surface area contributed by atoms with Crippen LogP contribution < -0.4 is 10.2 Å². The van der Waals surface area contributed by atoms with Crippen LogP contribution in [0.3, 0.4) is 0 Å². The van der Waals surface area contributed by atoms with Crippen LogP contribution in [0.5, 0.6) is 34.5 Å². The number of phenols is 5. The molecule has 0 saturated carbocycles. The molecule has 4 heterocycles. The second-order valence-corrected chi connectivity index (χ2v) is 15.0. The molecule has 340 valence electrons. The number of benzene rings is 3. The predicted molar refractivity (Wildman–Crippen MR) is 208 cm³/mol. The zero-order chi connectivity index (χ0) is 45.4. The number of phenolic OH excluding ortho intramolecular Hbond substituents is 5. The van der Waals surface area contributed by atoms with E-state index in [0.29, 0.717) is 5.56 Å². The molecular formula is C41H44O22. The molecule has 3 aliphatic rings. The maximum atomic E-state index is 14.4. The highest BCUT2D eigenvalue weighted by Crippen LogP contribution is 2.40. The fraction of sp³-hybridized carbons (Fsp3) is 0.415. The third-order valence-electron chi connectivity index (χ3n) is 10.5. The second kappa shape index (κ2) is 18.6. The lowest BCUT2D eigenvalue weighted by molar-refractivity contribution is -0.348. The molecule has 3 aliphatic heterocycles. The molecule has 22 nitrogen and oxygen atoms in total. The molecule has 1 aromatic heterocycles. The van der Waals surface area contributed by atoms with Gasteiger partial charge in [0.15, 0.2) is 35.9 Å². The summed E-state index contributed by atoms with van der Waals surface area (Å²) in [4.78, 5) is 28.0. The number of carbonyl (C=O) groups excluding carboxylic acids is 1. The maximum absolute atomic E-state index is 14.4. The van der Waals surface area contributed by atoms with Gasteiger partial charge in [0.05, 0.1) is 19.3 Å². The largest absolute Gasteiger partial charge is 0.508 e. The minimum Gasteiger partial charge on any atom is -0.508 e. The van der Waals surface area contributed by atoms with E-state index < -0.39 is 151 Å². The summed E-state index contributed by atoms with van der Waals surface area (Å²) in [5.74, 6) is -5.14. The molecule has 0 unspecified atom stereocenters. The summed E-state index contributed by atoms with van der Waals surface area (Å²) in [6.07, 6.45) is -22.7. The summed E-state index contributed by atoms with van der Waals surface area (Å²) in [6, 6.07) is 10.6. The van der Waals surface area contributed by atoms with Crippen molar-refractivity contribution in [2.24, 2.45) is 0 Å². The highest BCUT2D eigenvalue weighted by atomic mass is 16.8. The molecule has 7 rings (SSSR count). The van der Waals surface area contributed by atoms with E-state index in [1.54, 1.807) is 0 Å². The zero-order valence-corrected chi connectivity index (χ0v) is 32.8. The van der Waals surface area contributed by atoms with Gasteiger partial charge in [0.25, 0.3) is 0 Å². The molecule has 0 radical (unpaired) electrons. The van der Waals surface area contributed by atoms with Crippen molar-refractivity contribution in [3.63, 3.8) is 0 Å². The normalized spacial score (nSPS) is 32.4. The summed E-state index contributed by atoms with van der Waals surface area (Å²) in [5, 5.41) is 125. The van der Waals surface area contributed by atoms with E-state index in [9.17, 15) is 70.9 Å². The second-order valence-electron chi connectivity index (χ2n) is 15.0. The first-order chi connectivity index (χ1) is 29.9. The van der Waals surface area contributed by atoms with Crippen molar-refractivity contribution >= 4 is 23.0 Å². The first kappa shape index (κ1) is 45.4. The third kappa shape index (κ3) is 9.52. The van der Waals surface area contributed by atoms with Gasteiger partial charge in [-0.25, -0.2) is 4.79 Å². The number of hydrogen-bond donors (Lipinski definition) is 12. The first-order valence-electron chi connectivity index (χ1n) is 19.3. The van der Waals surface area contributed by atoms with Crippen molar-refractivity contribution in [2.45, 2.75) is 92.9 Å². The summed E-state index contributed by atoms with van der Waals surface area (Å²) >= 11 is 0. The molecule has 22 heteroatoms. The lowest BCUT2D eigenvalue weighted by Crippen LogP contribution is -2.65. The number of fused-ring (bicyclic) bond motifs is 1. The van der Waals surface area contributed by atoms with Crippen molar-refractivity contribution < 1.29 is 104 Å². The van der Waals surface area contributed by atoms with Crippen LogP contribution in [0.25, 0.3) is 28.4 Å². The Balaban J connectivity index is 1.33. The van der Waals surface area contributed by atoms with Gasteiger partial charge in [0.1, 0.15) is 83.2 Å². The molecule has 0 aliphatic carbocycles. The number of rotatable bonds is 11. The van der Waals surface area contributed by atoms with Crippen LogP contribution >= 0.6 is 0 Å². The highest BCUT2D eigenvalue weighted by Gasteiger charge is 2.53. The van der Waals surface area contributed by atoms with E-state index in [1.165, 1.54) is 43.3 Å².